The lowest BCUT2D eigenvalue weighted by Gasteiger charge is -2.27. The highest BCUT2D eigenvalue weighted by Gasteiger charge is 2.28. The fourth-order valence-electron chi connectivity index (χ4n) is 3.41. The predicted octanol–water partition coefficient (Wildman–Crippen LogP) is 3.83. The number of hydrogen-bond donors (Lipinski definition) is 3. The molecule has 0 saturated heterocycles. The number of benzene rings is 1. The topological polar surface area (TPSA) is 83.8 Å². The number of carbonyl (C=O) groups is 1. The number of nitrogens with two attached hydrogens (primary N) is 1. The summed E-state index contributed by atoms with van der Waals surface area (Å²) in [5.41, 5.74) is 7.98. The Balaban J connectivity index is 0.00000169. The van der Waals surface area contributed by atoms with Crippen LogP contribution >= 0.6 is 36.6 Å². The number of para-hydroxylation sites is 2. The number of amides is 1. The van der Waals surface area contributed by atoms with E-state index >= 15 is 0 Å². The summed E-state index contributed by atoms with van der Waals surface area (Å²) in [7, 11) is 0. The SMILES string of the molecule is CSCCC(NC(=O)C1CCCC(N)C1)c1nc2ccccc2[nH]1.Cl.Cl. The zero-order valence-corrected chi connectivity index (χ0v) is 17.4. The van der Waals surface area contributed by atoms with Crippen LogP contribution in [0.3, 0.4) is 0 Å². The highest BCUT2D eigenvalue weighted by Crippen LogP contribution is 2.25. The van der Waals surface area contributed by atoms with E-state index in [0.29, 0.717) is 0 Å². The number of H-pyrrole nitrogens is 1. The van der Waals surface area contributed by atoms with Crippen LogP contribution in [0.15, 0.2) is 24.3 Å². The van der Waals surface area contributed by atoms with Crippen LogP contribution in [0.1, 0.15) is 44.0 Å². The van der Waals surface area contributed by atoms with Gasteiger partial charge in [0, 0.05) is 12.0 Å². The molecule has 1 aliphatic rings. The zero-order chi connectivity index (χ0) is 16.9. The number of halogens is 2. The lowest BCUT2D eigenvalue weighted by Crippen LogP contribution is -2.39. The number of aromatic amines is 1. The minimum Gasteiger partial charge on any atom is -0.346 e. The van der Waals surface area contributed by atoms with E-state index in [1.54, 1.807) is 11.8 Å². The van der Waals surface area contributed by atoms with Crippen LogP contribution in [0.25, 0.3) is 11.0 Å². The summed E-state index contributed by atoms with van der Waals surface area (Å²) in [6.45, 7) is 0. The van der Waals surface area contributed by atoms with Gasteiger partial charge in [-0.25, -0.2) is 4.98 Å². The van der Waals surface area contributed by atoms with Gasteiger partial charge in [-0.1, -0.05) is 18.6 Å². The van der Waals surface area contributed by atoms with Crippen LogP contribution in [-0.2, 0) is 4.79 Å². The maximum absolute atomic E-state index is 12.7. The van der Waals surface area contributed by atoms with Gasteiger partial charge in [0.15, 0.2) is 0 Å². The van der Waals surface area contributed by atoms with E-state index in [9.17, 15) is 4.79 Å². The lowest BCUT2D eigenvalue weighted by atomic mass is 9.85. The molecule has 1 aliphatic carbocycles. The molecule has 1 aromatic heterocycles. The Labute approximate surface area is 171 Å². The van der Waals surface area contributed by atoms with E-state index in [2.05, 4.69) is 21.5 Å². The number of rotatable bonds is 6. The standard InChI is InChI=1S/C18H26N4OS.2ClH/c1-24-10-9-16(17-20-14-7-2-3-8-15(14)21-17)22-18(23)12-5-4-6-13(19)11-12;;/h2-3,7-8,12-13,16H,4-6,9-11,19H2,1H3,(H,20,21)(H,22,23);2*1H. The summed E-state index contributed by atoms with van der Waals surface area (Å²) >= 11 is 1.78. The van der Waals surface area contributed by atoms with Crippen molar-refractivity contribution < 1.29 is 4.79 Å². The molecular formula is C18H28Cl2N4OS. The summed E-state index contributed by atoms with van der Waals surface area (Å²) in [6, 6.07) is 8.05. The van der Waals surface area contributed by atoms with Crippen LogP contribution in [0.5, 0.6) is 0 Å². The number of nitrogens with one attached hydrogen (secondary N) is 2. The van der Waals surface area contributed by atoms with Gasteiger partial charge in [0.05, 0.1) is 17.1 Å². The second-order valence-corrected chi connectivity index (χ2v) is 7.59. The molecule has 1 heterocycles. The second kappa shape index (κ2) is 11.0. The minimum absolute atomic E-state index is 0. The van der Waals surface area contributed by atoms with Crippen LogP contribution in [0.2, 0.25) is 0 Å². The number of hydrogen-bond acceptors (Lipinski definition) is 4. The molecular weight excluding hydrogens is 391 g/mol. The van der Waals surface area contributed by atoms with Crippen molar-refractivity contribution in [2.45, 2.75) is 44.2 Å². The van der Waals surface area contributed by atoms with Gasteiger partial charge in [-0.05, 0) is 49.8 Å². The molecule has 1 amide bonds. The third-order valence-corrected chi connectivity index (χ3v) is 5.39. The Bertz CT molecular complexity index is 664. The van der Waals surface area contributed by atoms with Gasteiger partial charge in [0.1, 0.15) is 5.82 Å². The number of aromatic nitrogens is 2. The molecule has 0 spiro atoms. The number of fused-ring (bicyclic) bond motifs is 1. The Morgan fingerprint density at radius 3 is 2.85 bits per heavy atom. The quantitative estimate of drug-likeness (QED) is 0.665. The summed E-state index contributed by atoms with van der Waals surface area (Å²) in [6.07, 6.45) is 6.75. The molecule has 4 N–H and O–H groups in total. The van der Waals surface area contributed by atoms with E-state index in [1.807, 2.05) is 24.3 Å². The van der Waals surface area contributed by atoms with Gasteiger partial charge < -0.3 is 16.0 Å². The first kappa shape index (κ1) is 23.1. The van der Waals surface area contributed by atoms with E-state index in [-0.39, 0.29) is 48.7 Å². The van der Waals surface area contributed by atoms with Gasteiger partial charge >= 0.3 is 0 Å². The Morgan fingerprint density at radius 1 is 1.38 bits per heavy atom. The fourth-order valence-corrected chi connectivity index (χ4v) is 3.88. The maximum Gasteiger partial charge on any atom is 0.223 e. The van der Waals surface area contributed by atoms with Crippen molar-refractivity contribution in [2.24, 2.45) is 11.7 Å². The summed E-state index contributed by atoms with van der Waals surface area (Å²) < 4.78 is 0. The Kier molecular flexibility index (Phi) is 9.79. The molecule has 2 aromatic rings. The van der Waals surface area contributed by atoms with Gasteiger partial charge in [-0.3, -0.25) is 4.79 Å². The summed E-state index contributed by atoms with van der Waals surface area (Å²) in [4.78, 5) is 20.7. The first-order valence-electron chi connectivity index (χ1n) is 8.67. The third-order valence-electron chi connectivity index (χ3n) is 4.75. The normalized spacial score (nSPS) is 20.7. The minimum atomic E-state index is -0.0736. The molecule has 26 heavy (non-hydrogen) atoms. The van der Waals surface area contributed by atoms with Crippen molar-refractivity contribution in [1.82, 2.24) is 15.3 Å². The van der Waals surface area contributed by atoms with E-state index in [4.69, 9.17) is 5.73 Å². The second-order valence-electron chi connectivity index (χ2n) is 6.61. The first-order chi connectivity index (χ1) is 11.7. The first-order valence-corrected chi connectivity index (χ1v) is 10.1. The summed E-state index contributed by atoms with van der Waals surface area (Å²) in [5, 5.41) is 3.22. The Morgan fingerprint density at radius 2 is 2.15 bits per heavy atom. The lowest BCUT2D eigenvalue weighted by molar-refractivity contribution is -0.127. The summed E-state index contributed by atoms with van der Waals surface area (Å²) in [5.74, 6) is 1.98. The third kappa shape index (κ3) is 5.78. The molecule has 146 valence electrons. The van der Waals surface area contributed by atoms with Gasteiger partial charge in [0.25, 0.3) is 0 Å². The molecule has 0 aliphatic heterocycles. The number of nitrogens with zero attached hydrogens (tertiary/aromatic N) is 1. The highest BCUT2D eigenvalue weighted by atomic mass is 35.5. The average molecular weight is 419 g/mol. The van der Waals surface area contributed by atoms with Crippen molar-refractivity contribution in [3.63, 3.8) is 0 Å². The van der Waals surface area contributed by atoms with Crippen molar-refractivity contribution in [3.05, 3.63) is 30.1 Å². The van der Waals surface area contributed by atoms with Gasteiger partial charge in [-0.2, -0.15) is 11.8 Å². The van der Waals surface area contributed by atoms with Crippen LogP contribution < -0.4 is 11.1 Å². The number of imidazole rings is 1. The molecule has 0 bridgehead atoms. The van der Waals surface area contributed by atoms with Crippen molar-refractivity contribution in [1.29, 1.82) is 0 Å². The zero-order valence-electron chi connectivity index (χ0n) is 14.9. The van der Waals surface area contributed by atoms with E-state index in [0.717, 1.165) is 54.7 Å². The monoisotopic (exact) mass is 418 g/mol. The highest BCUT2D eigenvalue weighted by molar-refractivity contribution is 7.98. The van der Waals surface area contributed by atoms with Crippen LogP contribution in [0, 0.1) is 5.92 Å². The van der Waals surface area contributed by atoms with Crippen molar-refractivity contribution in [3.8, 4) is 0 Å². The number of carbonyl (C=O) groups excluding carboxylic acids is 1. The molecule has 3 rings (SSSR count). The van der Waals surface area contributed by atoms with Crippen LogP contribution in [-0.4, -0.2) is 33.9 Å². The largest absolute Gasteiger partial charge is 0.346 e. The smallest absolute Gasteiger partial charge is 0.223 e. The molecule has 8 heteroatoms. The average Bonchev–Trinajstić information content (AvgIpc) is 3.02. The predicted molar refractivity (Wildman–Crippen MR) is 114 cm³/mol. The Hall–Kier alpha value is -0.950. The molecule has 0 radical (unpaired) electrons. The van der Waals surface area contributed by atoms with Gasteiger partial charge in [-0.15, -0.1) is 24.8 Å². The van der Waals surface area contributed by atoms with E-state index in [1.165, 1.54) is 0 Å². The molecule has 1 saturated carbocycles. The van der Waals surface area contributed by atoms with Crippen molar-refractivity contribution >= 4 is 53.5 Å². The fraction of sp³-hybridized carbons (Fsp3) is 0.556. The molecule has 1 aromatic carbocycles. The van der Waals surface area contributed by atoms with E-state index < -0.39 is 0 Å². The van der Waals surface area contributed by atoms with Crippen LogP contribution in [0.4, 0.5) is 0 Å². The molecule has 3 unspecified atom stereocenters. The van der Waals surface area contributed by atoms with Gasteiger partial charge in [0.2, 0.25) is 5.91 Å². The number of thioether (sulfide) groups is 1. The molecule has 1 fully saturated rings. The van der Waals surface area contributed by atoms with Crippen molar-refractivity contribution in [2.75, 3.05) is 12.0 Å². The molecule has 5 nitrogen and oxygen atoms in total. The molecule has 3 atom stereocenters. The maximum atomic E-state index is 12.7.